The minimum atomic E-state index is -2.70. The fourth-order valence-electron chi connectivity index (χ4n) is 3.29. The molecule has 166 valence electrons. The van der Waals surface area contributed by atoms with Crippen molar-refractivity contribution >= 4 is 50.2 Å². The highest BCUT2D eigenvalue weighted by molar-refractivity contribution is 9.10. The van der Waals surface area contributed by atoms with Crippen molar-refractivity contribution in [2.45, 2.75) is 0 Å². The normalized spacial score (nSPS) is 11.6. The van der Waals surface area contributed by atoms with Crippen LogP contribution in [-0.2, 0) is 11.3 Å². The van der Waals surface area contributed by atoms with E-state index >= 15 is 0 Å². The van der Waals surface area contributed by atoms with E-state index in [-0.39, 0.29) is 17.3 Å². The van der Waals surface area contributed by atoms with Crippen LogP contribution < -0.4 is 9.62 Å². The lowest BCUT2D eigenvalue weighted by atomic mass is 10.0. The summed E-state index contributed by atoms with van der Waals surface area (Å²) in [5.41, 5.74) is 3.17. The third-order valence-corrected chi connectivity index (χ3v) is 6.15. The first kappa shape index (κ1) is 22.7. The van der Waals surface area contributed by atoms with Crippen molar-refractivity contribution in [1.82, 2.24) is 0 Å². The van der Waals surface area contributed by atoms with Gasteiger partial charge >= 0.3 is 0 Å². The summed E-state index contributed by atoms with van der Waals surface area (Å²) in [6.45, 7) is 0. The van der Waals surface area contributed by atoms with E-state index in [0.29, 0.717) is 16.9 Å². The highest BCUT2D eigenvalue weighted by atomic mass is 79.9. The van der Waals surface area contributed by atoms with Gasteiger partial charge in [-0.25, -0.2) is 0 Å². The van der Waals surface area contributed by atoms with Gasteiger partial charge in [0.2, 0.25) is 0 Å². The predicted molar refractivity (Wildman–Crippen MR) is 133 cm³/mol. The lowest BCUT2D eigenvalue weighted by Crippen LogP contribution is -2.20. The van der Waals surface area contributed by atoms with Crippen molar-refractivity contribution in [3.8, 4) is 16.9 Å². The topological polar surface area (TPSA) is 92.7 Å². The maximum Gasteiger partial charge on any atom is 0.255 e. The largest absolute Gasteiger partial charge is 0.755 e. The number of phenolic OH excluding ortho intramolecular Hbond substituents is 1. The summed E-state index contributed by atoms with van der Waals surface area (Å²) in [6, 6.07) is 27.8. The molecule has 1 unspecified atom stereocenters. The molecule has 0 bridgehead atoms. The monoisotopic (exact) mass is 521 g/mol. The van der Waals surface area contributed by atoms with Gasteiger partial charge in [-0.3, -0.25) is 13.3 Å². The molecule has 0 heterocycles. The van der Waals surface area contributed by atoms with Crippen LogP contribution in [0.25, 0.3) is 11.1 Å². The number of carbonyl (C=O) groups is 1. The van der Waals surface area contributed by atoms with Crippen LogP contribution in [0, 0.1) is 0 Å². The van der Waals surface area contributed by atoms with Gasteiger partial charge in [0.25, 0.3) is 5.91 Å². The summed E-state index contributed by atoms with van der Waals surface area (Å²) in [6.07, 6.45) is 0. The van der Waals surface area contributed by atoms with Crippen LogP contribution in [0.15, 0.2) is 102 Å². The Labute approximate surface area is 202 Å². The van der Waals surface area contributed by atoms with Gasteiger partial charge in [-0.15, -0.1) is 0 Å². The number of hydrogen-bond acceptors (Lipinski definition) is 4. The van der Waals surface area contributed by atoms with E-state index < -0.39 is 11.3 Å². The minimum Gasteiger partial charge on any atom is -0.755 e. The van der Waals surface area contributed by atoms with E-state index in [1.807, 2.05) is 42.5 Å². The van der Waals surface area contributed by atoms with Crippen molar-refractivity contribution in [2.24, 2.45) is 0 Å². The highest BCUT2D eigenvalue weighted by Gasteiger charge is 2.16. The number of carbonyl (C=O) groups excluding carboxylic acids is 1. The molecule has 1 amide bonds. The quantitative estimate of drug-likeness (QED) is 0.240. The molecule has 4 aromatic carbocycles. The van der Waals surface area contributed by atoms with Crippen molar-refractivity contribution in [1.29, 1.82) is 0 Å². The number of anilines is 3. The van der Waals surface area contributed by atoms with Crippen LogP contribution in [0.1, 0.15) is 10.4 Å². The van der Waals surface area contributed by atoms with E-state index in [9.17, 15) is 18.7 Å². The molecule has 33 heavy (non-hydrogen) atoms. The number of phenols is 1. The number of aromatic hydroxyl groups is 1. The second kappa shape index (κ2) is 9.99. The van der Waals surface area contributed by atoms with Crippen molar-refractivity contribution in [2.75, 3.05) is 9.62 Å². The average molecular weight is 522 g/mol. The predicted octanol–water partition coefficient (Wildman–Crippen LogP) is 6.01. The Hall–Kier alpha value is -3.46. The van der Waals surface area contributed by atoms with Crippen molar-refractivity contribution in [3.63, 3.8) is 0 Å². The third kappa shape index (κ3) is 5.31. The molecule has 4 rings (SSSR count). The van der Waals surface area contributed by atoms with Gasteiger partial charge in [0, 0.05) is 15.7 Å². The number of nitrogens with one attached hydrogen (secondary N) is 1. The Kier molecular flexibility index (Phi) is 6.88. The number of hydrogen-bond donors (Lipinski definition) is 2. The molecule has 4 aromatic rings. The maximum atomic E-state index is 12.8. The Morgan fingerprint density at radius 2 is 1.52 bits per heavy atom. The average Bonchev–Trinajstić information content (AvgIpc) is 2.83. The molecule has 1 atom stereocenters. The Morgan fingerprint density at radius 1 is 0.879 bits per heavy atom. The summed E-state index contributed by atoms with van der Waals surface area (Å²) in [4.78, 5) is 12.8. The van der Waals surface area contributed by atoms with Crippen LogP contribution in [0.3, 0.4) is 0 Å². The molecule has 0 aliphatic rings. The molecule has 6 nitrogen and oxygen atoms in total. The zero-order chi connectivity index (χ0) is 23.4. The molecule has 0 radical (unpaired) electrons. The van der Waals surface area contributed by atoms with Crippen molar-refractivity contribution < 1.29 is 18.7 Å². The van der Waals surface area contributed by atoms with E-state index in [0.717, 1.165) is 19.9 Å². The minimum absolute atomic E-state index is 0.0166. The third-order valence-electron chi connectivity index (χ3n) is 4.92. The van der Waals surface area contributed by atoms with Crippen LogP contribution >= 0.6 is 15.9 Å². The Balaban J connectivity index is 1.58. The molecule has 0 aliphatic carbocycles. The first-order valence-corrected chi connectivity index (χ1v) is 11.7. The van der Waals surface area contributed by atoms with Gasteiger partial charge in [0.1, 0.15) is 5.75 Å². The first-order chi connectivity index (χ1) is 15.9. The lowest BCUT2D eigenvalue weighted by molar-refractivity contribution is 0.102. The number of rotatable bonds is 6. The molecule has 0 spiro atoms. The van der Waals surface area contributed by atoms with E-state index in [1.54, 1.807) is 36.4 Å². The second-order valence-corrected chi connectivity index (χ2v) is 8.80. The van der Waals surface area contributed by atoms with E-state index in [2.05, 4.69) is 21.2 Å². The van der Waals surface area contributed by atoms with Gasteiger partial charge in [0.05, 0.1) is 22.6 Å². The zero-order valence-electron chi connectivity index (χ0n) is 17.1. The molecule has 0 fully saturated rings. The van der Waals surface area contributed by atoms with Crippen LogP contribution in [0.4, 0.5) is 17.1 Å². The summed E-state index contributed by atoms with van der Waals surface area (Å²) in [5, 5.41) is 13.1. The molecule has 0 saturated heterocycles. The second-order valence-electron chi connectivity index (χ2n) is 7.09. The number of halogens is 1. The highest BCUT2D eigenvalue weighted by Crippen LogP contribution is 2.36. The molecule has 8 heteroatoms. The molecular formula is C25H18BrN2O4S-. The fourth-order valence-corrected chi connectivity index (χ4v) is 4.16. The van der Waals surface area contributed by atoms with Gasteiger partial charge in [0.15, 0.2) is 0 Å². The zero-order valence-corrected chi connectivity index (χ0v) is 19.5. The van der Waals surface area contributed by atoms with Crippen molar-refractivity contribution in [3.05, 3.63) is 107 Å². The van der Waals surface area contributed by atoms with E-state index in [1.165, 1.54) is 18.2 Å². The van der Waals surface area contributed by atoms with Crippen LogP contribution in [0.2, 0.25) is 0 Å². The molecular weight excluding hydrogens is 504 g/mol. The summed E-state index contributed by atoms with van der Waals surface area (Å²) >= 11 is 0.607. The number of benzene rings is 4. The van der Waals surface area contributed by atoms with Gasteiger partial charge in [-0.2, -0.15) is 0 Å². The fraction of sp³-hybridized carbons (Fsp3) is 0. The van der Waals surface area contributed by atoms with Gasteiger partial charge in [-0.1, -0.05) is 58.4 Å². The van der Waals surface area contributed by atoms with Crippen LogP contribution in [-0.4, -0.2) is 19.8 Å². The summed E-state index contributed by atoms with van der Waals surface area (Å²) in [5.74, 6) is -0.600. The lowest BCUT2D eigenvalue weighted by Gasteiger charge is -2.27. The Bertz CT molecular complexity index is 1300. The molecule has 0 aliphatic heterocycles. The van der Waals surface area contributed by atoms with E-state index in [4.69, 9.17) is 0 Å². The van der Waals surface area contributed by atoms with Crippen LogP contribution in [0.5, 0.6) is 5.75 Å². The first-order valence-electron chi connectivity index (χ1n) is 9.87. The standard InChI is InChI=1S/C25H19BrN2O4S/c26-20-10-13-22(14-11-20)28(33(31)32)23-16-21(12-15-24(23)29)27-25(30)19-8-6-18(7-9-19)17-4-2-1-3-5-17/h1-16,29H,(H,27,30)(H,31,32)/p-1. The van der Waals surface area contributed by atoms with Gasteiger partial charge in [-0.05, 0) is 65.7 Å². The van der Waals surface area contributed by atoms with Gasteiger partial charge < -0.3 is 15.0 Å². The smallest absolute Gasteiger partial charge is 0.255 e. The SMILES string of the molecule is O=C(Nc1ccc(O)c(N(c2ccc(Br)cc2)S(=O)[O-])c1)c1ccc(-c2ccccc2)cc1. The molecule has 0 aromatic heterocycles. The summed E-state index contributed by atoms with van der Waals surface area (Å²) < 4.78 is 25.6. The Morgan fingerprint density at radius 3 is 2.15 bits per heavy atom. The number of amides is 1. The maximum absolute atomic E-state index is 12.8. The summed E-state index contributed by atoms with van der Waals surface area (Å²) in [7, 11) is 0. The molecule has 0 saturated carbocycles. The number of nitrogens with zero attached hydrogens (tertiary/aromatic N) is 1. The molecule has 2 N–H and O–H groups in total.